The largest absolute Gasteiger partial charge is 0.378 e. The zero-order valence-corrected chi connectivity index (χ0v) is 18.0. The van der Waals surface area contributed by atoms with Crippen molar-refractivity contribution in [2.45, 2.75) is 95.0 Å². The summed E-state index contributed by atoms with van der Waals surface area (Å²) >= 11 is 0. The first-order valence-corrected chi connectivity index (χ1v) is 10.1. The first-order chi connectivity index (χ1) is 11.8. The van der Waals surface area contributed by atoms with E-state index >= 15 is 0 Å². The lowest BCUT2D eigenvalue weighted by molar-refractivity contribution is 0.0264. The molecule has 1 saturated carbocycles. The quantitative estimate of drug-likeness (QED) is 0.249. The predicted octanol–water partition coefficient (Wildman–Crippen LogP) is 3.61. The smallest absolute Gasteiger partial charge is 0.191 e. The van der Waals surface area contributed by atoms with Crippen molar-refractivity contribution in [1.82, 2.24) is 10.6 Å². The Bertz CT molecular complexity index is 402. The minimum atomic E-state index is 0. The second-order valence-corrected chi connectivity index (χ2v) is 7.55. The van der Waals surface area contributed by atoms with Gasteiger partial charge in [0.25, 0.3) is 0 Å². The van der Waals surface area contributed by atoms with E-state index in [1.165, 1.54) is 64.2 Å². The molecular weight excluding hydrogens is 429 g/mol. The van der Waals surface area contributed by atoms with Gasteiger partial charge in [0.2, 0.25) is 0 Å². The van der Waals surface area contributed by atoms with E-state index in [2.05, 4.69) is 15.6 Å². The average molecular weight is 465 g/mol. The van der Waals surface area contributed by atoms with Gasteiger partial charge in [-0.05, 0) is 51.4 Å². The number of rotatable bonds is 8. The van der Waals surface area contributed by atoms with Gasteiger partial charge in [0.15, 0.2) is 5.96 Å². The standard InChI is InChI=1S/C19H35N3O2.HI/c1-20-19(22-17-14-16-10-11-18(17)24-16)21-12-6-3-7-13-23-15-8-4-2-5-9-15;/h15-18H,2-14H2,1H3,(H2,20,21,22);1H. The summed E-state index contributed by atoms with van der Waals surface area (Å²) in [6.45, 7) is 1.91. The molecule has 0 amide bonds. The van der Waals surface area contributed by atoms with Gasteiger partial charge in [-0.25, -0.2) is 0 Å². The van der Waals surface area contributed by atoms with E-state index in [9.17, 15) is 0 Å². The lowest BCUT2D eigenvalue weighted by Gasteiger charge is -2.23. The number of nitrogens with zero attached hydrogens (tertiary/aromatic N) is 1. The van der Waals surface area contributed by atoms with Crippen LogP contribution in [0.5, 0.6) is 0 Å². The van der Waals surface area contributed by atoms with Crippen LogP contribution in [0.3, 0.4) is 0 Å². The molecule has 2 N–H and O–H groups in total. The molecule has 2 saturated heterocycles. The molecule has 5 nitrogen and oxygen atoms in total. The van der Waals surface area contributed by atoms with E-state index in [4.69, 9.17) is 9.47 Å². The summed E-state index contributed by atoms with van der Waals surface area (Å²) in [7, 11) is 1.85. The maximum Gasteiger partial charge on any atom is 0.191 e. The fourth-order valence-corrected chi connectivity index (χ4v) is 4.25. The van der Waals surface area contributed by atoms with Crippen LogP contribution in [0.2, 0.25) is 0 Å². The van der Waals surface area contributed by atoms with E-state index in [0.717, 1.165) is 25.5 Å². The second-order valence-electron chi connectivity index (χ2n) is 7.55. The molecule has 3 aliphatic rings. The minimum Gasteiger partial charge on any atom is -0.378 e. The summed E-state index contributed by atoms with van der Waals surface area (Å²) in [5, 5.41) is 6.97. The lowest BCUT2D eigenvalue weighted by Crippen LogP contribution is -2.47. The fourth-order valence-electron chi connectivity index (χ4n) is 4.25. The van der Waals surface area contributed by atoms with Crippen LogP contribution < -0.4 is 10.6 Å². The highest BCUT2D eigenvalue weighted by molar-refractivity contribution is 14.0. The Balaban J connectivity index is 0.00000225. The number of halogens is 1. The van der Waals surface area contributed by atoms with Crippen LogP contribution >= 0.6 is 24.0 Å². The molecule has 1 aliphatic carbocycles. The number of nitrogens with one attached hydrogen (secondary N) is 2. The molecule has 25 heavy (non-hydrogen) atoms. The third kappa shape index (κ3) is 6.86. The van der Waals surface area contributed by atoms with Gasteiger partial charge in [-0.2, -0.15) is 0 Å². The van der Waals surface area contributed by atoms with E-state index in [0.29, 0.717) is 24.4 Å². The molecule has 2 aliphatic heterocycles. The summed E-state index contributed by atoms with van der Waals surface area (Å²) in [4.78, 5) is 4.34. The highest BCUT2D eigenvalue weighted by atomic mass is 127. The molecule has 0 aromatic carbocycles. The maximum absolute atomic E-state index is 5.98. The van der Waals surface area contributed by atoms with Crippen molar-refractivity contribution in [3.63, 3.8) is 0 Å². The van der Waals surface area contributed by atoms with Gasteiger partial charge >= 0.3 is 0 Å². The van der Waals surface area contributed by atoms with Crippen LogP contribution in [0.15, 0.2) is 4.99 Å². The molecule has 3 fully saturated rings. The Labute approximate surface area is 170 Å². The van der Waals surface area contributed by atoms with Gasteiger partial charge < -0.3 is 20.1 Å². The van der Waals surface area contributed by atoms with Crippen LogP contribution in [0, 0.1) is 0 Å². The van der Waals surface area contributed by atoms with E-state index in [1.54, 1.807) is 0 Å². The molecule has 3 unspecified atom stereocenters. The Morgan fingerprint density at radius 2 is 1.92 bits per heavy atom. The minimum absolute atomic E-state index is 0. The lowest BCUT2D eigenvalue weighted by atomic mass is 9.96. The first-order valence-electron chi connectivity index (χ1n) is 10.1. The maximum atomic E-state index is 5.98. The van der Waals surface area contributed by atoms with Crippen LogP contribution in [0.1, 0.15) is 70.6 Å². The average Bonchev–Trinajstić information content (AvgIpc) is 3.23. The van der Waals surface area contributed by atoms with E-state index in [-0.39, 0.29) is 24.0 Å². The number of guanidine groups is 1. The molecule has 2 heterocycles. The van der Waals surface area contributed by atoms with Crippen LogP contribution in [-0.4, -0.2) is 50.5 Å². The molecule has 0 aromatic heterocycles. The van der Waals surface area contributed by atoms with Crippen LogP contribution in [-0.2, 0) is 9.47 Å². The SMILES string of the molecule is CN=C(NCCCCCOC1CCCCC1)NC1CC2CCC1O2.I. The summed E-state index contributed by atoms with van der Waals surface area (Å²) in [5.74, 6) is 0.926. The van der Waals surface area contributed by atoms with Gasteiger partial charge in [0.05, 0.1) is 24.4 Å². The molecule has 3 rings (SSSR count). The van der Waals surface area contributed by atoms with Gasteiger partial charge in [-0.15, -0.1) is 24.0 Å². The first kappa shape index (κ1) is 21.2. The summed E-state index contributed by atoms with van der Waals surface area (Å²) < 4.78 is 11.9. The molecule has 2 bridgehead atoms. The zero-order valence-electron chi connectivity index (χ0n) is 15.7. The number of hydrogen-bond donors (Lipinski definition) is 2. The Morgan fingerprint density at radius 1 is 1.08 bits per heavy atom. The molecule has 0 spiro atoms. The third-order valence-electron chi connectivity index (χ3n) is 5.67. The molecule has 3 atom stereocenters. The molecular formula is C19H36IN3O2. The number of ether oxygens (including phenoxy) is 2. The van der Waals surface area contributed by atoms with E-state index in [1.807, 2.05) is 7.05 Å². The van der Waals surface area contributed by atoms with Crippen molar-refractivity contribution in [2.75, 3.05) is 20.2 Å². The summed E-state index contributed by atoms with van der Waals surface area (Å²) in [6, 6.07) is 0.443. The highest BCUT2D eigenvalue weighted by Crippen LogP contribution is 2.34. The van der Waals surface area contributed by atoms with Crippen molar-refractivity contribution in [3.8, 4) is 0 Å². The molecule has 0 aromatic rings. The van der Waals surface area contributed by atoms with E-state index < -0.39 is 0 Å². The van der Waals surface area contributed by atoms with Crippen molar-refractivity contribution in [2.24, 2.45) is 4.99 Å². The number of fused-ring (bicyclic) bond motifs is 2. The molecule has 6 heteroatoms. The predicted molar refractivity (Wildman–Crippen MR) is 113 cm³/mol. The topological polar surface area (TPSA) is 54.9 Å². The Hall–Kier alpha value is -0.0800. The fraction of sp³-hybridized carbons (Fsp3) is 0.947. The number of aliphatic imine (C=N–C) groups is 1. The van der Waals surface area contributed by atoms with Gasteiger partial charge in [-0.1, -0.05) is 19.3 Å². The Kier molecular flexibility index (Phi) is 9.84. The Morgan fingerprint density at radius 3 is 2.60 bits per heavy atom. The normalized spacial score (nSPS) is 29.5. The van der Waals surface area contributed by atoms with Gasteiger partial charge in [0.1, 0.15) is 0 Å². The van der Waals surface area contributed by atoms with Crippen molar-refractivity contribution in [3.05, 3.63) is 0 Å². The molecule has 146 valence electrons. The number of hydrogen-bond acceptors (Lipinski definition) is 3. The highest BCUT2D eigenvalue weighted by Gasteiger charge is 2.41. The van der Waals surface area contributed by atoms with Crippen LogP contribution in [0.25, 0.3) is 0 Å². The van der Waals surface area contributed by atoms with Crippen molar-refractivity contribution in [1.29, 1.82) is 0 Å². The van der Waals surface area contributed by atoms with Gasteiger partial charge in [-0.3, -0.25) is 4.99 Å². The van der Waals surface area contributed by atoms with Gasteiger partial charge in [0, 0.05) is 20.2 Å². The molecule has 0 radical (unpaired) electrons. The second kappa shape index (κ2) is 11.6. The van der Waals surface area contributed by atoms with Crippen molar-refractivity contribution < 1.29 is 9.47 Å². The van der Waals surface area contributed by atoms with Crippen LogP contribution in [0.4, 0.5) is 0 Å². The summed E-state index contributed by atoms with van der Waals surface area (Å²) in [5.41, 5.74) is 0. The number of unbranched alkanes of at least 4 members (excludes halogenated alkanes) is 2. The monoisotopic (exact) mass is 465 g/mol. The zero-order chi connectivity index (χ0) is 16.6. The third-order valence-corrected chi connectivity index (χ3v) is 5.67. The summed E-state index contributed by atoms with van der Waals surface area (Å²) in [6.07, 6.45) is 15.2. The van der Waals surface area contributed by atoms with Crippen molar-refractivity contribution >= 4 is 29.9 Å².